The highest BCUT2D eigenvalue weighted by Crippen LogP contribution is 2.12. The van der Waals surface area contributed by atoms with Crippen LogP contribution >= 0.6 is 0 Å². The minimum Gasteiger partial charge on any atom is -0.481 e. The van der Waals surface area contributed by atoms with Gasteiger partial charge in [-0.25, -0.2) is 4.79 Å². The van der Waals surface area contributed by atoms with Crippen LogP contribution in [0.15, 0.2) is 30.3 Å². The number of primary amides is 1. The first-order valence-electron chi connectivity index (χ1n) is 21.5. The van der Waals surface area contributed by atoms with E-state index in [-0.39, 0.29) is 31.7 Å². The second-order valence-corrected chi connectivity index (χ2v) is 16.2. The van der Waals surface area contributed by atoms with E-state index in [1.807, 2.05) is 0 Å². The summed E-state index contributed by atoms with van der Waals surface area (Å²) in [6, 6.07) is -3.13. The van der Waals surface area contributed by atoms with Gasteiger partial charge in [0.15, 0.2) is 0 Å². The summed E-state index contributed by atoms with van der Waals surface area (Å²) in [6.45, 7) is 7.72. The number of amides is 8. The Morgan fingerprint density at radius 1 is 0.631 bits per heavy atom. The molecule has 0 unspecified atom stereocenters. The third kappa shape index (κ3) is 21.4. The molecular weight excluding hydrogens is 853 g/mol. The van der Waals surface area contributed by atoms with Crippen LogP contribution in [0.4, 0.5) is 0 Å². The molecule has 0 aliphatic heterocycles. The lowest BCUT2D eigenvalue weighted by molar-refractivity contribution is -0.143. The summed E-state index contributed by atoms with van der Waals surface area (Å²) in [5.74, 6) is -10.9. The Morgan fingerprint density at radius 3 is 1.66 bits per heavy atom. The summed E-state index contributed by atoms with van der Waals surface area (Å²) >= 11 is 0. The van der Waals surface area contributed by atoms with E-state index in [9.17, 15) is 58.2 Å². The van der Waals surface area contributed by atoms with Gasteiger partial charge in [0.2, 0.25) is 47.3 Å². The van der Waals surface area contributed by atoms with Crippen LogP contribution in [0.5, 0.6) is 0 Å². The molecule has 23 nitrogen and oxygen atoms in total. The van der Waals surface area contributed by atoms with E-state index >= 15 is 0 Å². The summed E-state index contributed by atoms with van der Waals surface area (Å²) in [7, 11) is 0. The number of rotatable bonds is 31. The fourth-order valence-corrected chi connectivity index (χ4v) is 6.26. The first kappa shape index (κ1) is 56.8. The van der Waals surface area contributed by atoms with Crippen LogP contribution in [0, 0.1) is 11.8 Å². The first-order chi connectivity index (χ1) is 30.5. The largest absolute Gasteiger partial charge is 0.481 e. The number of carboxylic acids is 2. The highest BCUT2D eigenvalue weighted by atomic mass is 16.4. The van der Waals surface area contributed by atoms with Gasteiger partial charge in [0.25, 0.3) is 0 Å². The number of carbonyl (C=O) groups is 10. The predicted molar refractivity (Wildman–Crippen MR) is 235 cm³/mol. The van der Waals surface area contributed by atoms with Crippen LogP contribution in [0.1, 0.15) is 91.5 Å². The standard InChI is InChI=1S/C42H68N10O13/c1-6-23(4)34(52-35(57)24(5)46-36(58)26(44)21-53)41(63)50-30(20-32(45)54)40(62)49-29(19-25-12-8-7-9-13-25)39(61)48-28(15-16-33(55)56)38(60)47-27(14-10-11-17-43)37(59)51-31(42(64)65)18-22(2)3/h7-9,12-13,22-24,26-31,34,53H,6,10-11,14-21,43-44H2,1-5H3,(H2,45,54)(H,46,58)(H,47,60)(H,48,61)(H,49,62)(H,50,63)(H,51,59)(H,52,57)(H,55,56)(H,64,65)/t23-,24-,26-,27-,28-,29-,30-,31-,34-/m0/s1. The second-order valence-electron chi connectivity index (χ2n) is 16.2. The number of nitrogens with two attached hydrogens (primary N) is 3. The number of unbranched alkanes of at least 4 members (excludes halogenated alkanes) is 1. The molecule has 1 aromatic rings. The van der Waals surface area contributed by atoms with Crippen LogP contribution in [0.2, 0.25) is 0 Å². The van der Waals surface area contributed by atoms with E-state index < -0.39 is 139 Å². The Morgan fingerprint density at radius 2 is 1.15 bits per heavy atom. The summed E-state index contributed by atoms with van der Waals surface area (Å²) in [6.07, 6.45) is -0.918. The van der Waals surface area contributed by atoms with Gasteiger partial charge in [-0.2, -0.15) is 0 Å². The number of benzene rings is 1. The van der Waals surface area contributed by atoms with E-state index in [0.717, 1.165) is 0 Å². The van der Waals surface area contributed by atoms with Gasteiger partial charge in [-0.1, -0.05) is 64.4 Å². The summed E-state index contributed by atoms with van der Waals surface area (Å²) < 4.78 is 0. The van der Waals surface area contributed by atoms with Crippen LogP contribution in [-0.2, 0) is 54.4 Å². The SMILES string of the molecule is CC[C@H](C)[C@H](NC(=O)[C@H](C)NC(=O)[C@@H](N)CO)C(=O)N[C@@H](CC(N)=O)C(=O)N[C@@H](Cc1ccccc1)C(=O)N[C@@H](CCC(=O)O)C(=O)N[C@@H](CCCCN)C(=O)N[C@@H](CC(C)C)C(=O)O. The van der Waals surface area contributed by atoms with Gasteiger partial charge in [-0.15, -0.1) is 0 Å². The average Bonchev–Trinajstić information content (AvgIpc) is 3.24. The van der Waals surface area contributed by atoms with Gasteiger partial charge >= 0.3 is 11.9 Å². The smallest absolute Gasteiger partial charge is 0.326 e. The minimum atomic E-state index is -1.72. The molecule has 0 radical (unpaired) electrons. The van der Waals surface area contributed by atoms with Crippen molar-refractivity contribution < 1.29 is 63.3 Å². The summed E-state index contributed by atoms with van der Waals surface area (Å²) in [5, 5.41) is 45.5. The molecule has 0 aromatic heterocycles. The van der Waals surface area contributed by atoms with Gasteiger partial charge < -0.3 is 69.7 Å². The maximum Gasteiger partial charge on any atom is 0.326 e. The van der Waals surface area contributed by atoms with Crippen molar-refractivity contribution in [1.82, 2.24) is 37.2 Å². The summed E-state index contributed by atoms with van der Waals surface area (Å²) in [4.78, 5) is 130. The van der Waals surface area contributed by atoms with Crippen LogP contribution in [0.25, 0.3) is 0 Å². The Balaban J connectivity index is 3.53. The maximum absolute atomic E-state index is 14.1. The molecule has 0 heterocycles. The van der Waals surface area contributed by atoms with Crippen LogP contribution in [-0.4, -0.2) is 136 Å². The third-order valence-electron chi connectivity index (χ3n) is 10.2. The van der Waals surface area contributed by atoms with E-state index in [0.29, 0.717) is 24.8 Å². The van der Waals surface area contributed by atoms with Crippen molar-refractivity contribution in [1.29, 1.82) is 0 Å². The fourth-order valence-electron chi connectivity index (χ4n) is 6.26. The number of hydrogen-bond donors (Lipinski definition) is 13. The van der Waals surface area contributed by atoms with Gasteiger partial charge in [0.1, 0.15) is 48.3 Å². The van der Waals surface area contributed by atoms with Crippen molar-refractivity contribution >= 4 is 59.2 Å². The van der Waals surface area contributed by atoms with E-state index in [1.54, 1.807) is 58.0 Å². The molecule has 364 valence electrons. The normalized spacial score (nSPS) is 15.2. The molecule has 8 amide bonds. The van der Waals surface area contributed by atoms with E-state index in [2.05, 4.69) is 37.2 Å². The molecule has 9 atom stereocenters. The minimum absolute atomic E-state index is 0.0124. The van der Waals surface area contributed by atoms with Crippen molar-refractivity contribution in [3.8, 4) is 0 Å². The van der Waals surface area contributed by atoms with Crippen molar-refractivity contribution in [2.75, 3.05) is 13.2 Å². The van der Waals surface area contributed by atoms with Crippen LogP contribution < -0.4 is 54.4 Å². The molecule has 1 aromatic carbocycles. The molecule has 23 heteroatoms. The Labute approximate surface area is 377 Å². The van der Waals surface area contributed by atoms with E-state index in [1.165, 1.54) is 6.92 Å². The molecule has 0 aliphatic rings. The quantitative estimate of drug-likeness (QED) is 0.0330. The van der Waals surface area contributed by atoms with Gasteiger partial charge in [0.05, 0.1) is 13.0 Å². The Hall–Kier alpha value is -6.20. The molecule has 0 saturated heterocycles. The molecule has 0 bridgehead atoms. The lowest BCUT2D eigenvalue weighted by atomic mass is 9.97. The first-order valence-corrected chi connectivity index (χ1v) is 21.5. The lowest BCUT2D eigenvalue weighted by Crippen LogP contribution is -2.61. The molecule has 0 aliphatic carbocycles. The topological polar surface area (TPSA) is 394 Å². The number of carbonyl (C=O) groups excluding carboxylic acids is 8. The molecule has 0 fully saturated rings. The third-order valence-corrected chi connectivity index (χ3v) is 10.2. The van der Waals surface area contributed by atoms with Crippen molar-refractivity contribution in [3.63, 3.8) is 0 Å². The summed E-state index contributed by atoms with van der Waals surface area (Å²) in [5.41, 5.74) is 17.1. The number of hydrogen-bond acceptors (Lipinski definition) is 13. The molecule has 1 rings (SSSR count). The molecule has 0 saturated carbocycles. The van der Waals surface area contributed by atoms with Crippen molar-refractivity contribution in [2.45, 2.75) is 141 Å². The maximum atomic E-state index is 14.1. The highest BCUT2D eigenvalue weighted by molar-refractivity contribution is 5.99. The van der Waals surface area contributed by atoms with Crippen molar-refractivity contribution in [2.24, 2.45) is 29.0 Å². The zero-order valence-corrected chi connectivity index (χ0v) is 37.6. The molecule has 0 spiro atoms. The molecule has 16 N–H and O–H groups in total. The van der Waals surface area contributed by atoms with Gasteiger partial charge in [-0.3, -0.25) is 43.2 Å². The number of aliphatic carboxylic acids is 2. The van der Waals surface area contributed by atoms with Gasteiger partial charge in [0, 0.05) is 12.8 Å². The van der Waals surface area contributed by atoms with Crippen LogP contribution in [0.3, 0.4) is 0 Å². The zero-order valence-electron chi connectivity index (χ0n) is 37.6. The average molecular weight is 921 g/mol. The predicted octanol–water partition coefficient (Wildman–Crippen LogP) is -2.99. The molecule has 65 heavy (non-hydrogen) atoms. The lowest BCUT2D eigenvalue weighted by Gasteiger charge is -2.29. The number of nitrogens with one attached hydrogen (secondary N) is 7. The monoisotopic (exact) mass is 920 g/mol. The van der Waals surface area contributed by atoms with Gasteiger partial charge in [-0.05, 0) is 63.0 Å². The second kappa shape index (κ2) is 29.3. The molecular formula is C42H68N10O13. The fraction of sp³-hybridized carbons (Fsp3) is 0.619. The van der Waals surface area contributed by atoms with Crippen molar-refractivity contribution in [3.05, 3.63) is 35.9 Å². The highest BCUT2D eigenvalue weighted by Gasteiger charge is 2.36. The number of aliphatic hydroxyl groups excluding tert-OH is 1. The number of aliphatic hydroxyl groups is 1. The Kier molecular flexibility index (Phi) is 25.6. The van der Waals surface area contributed by atoms with E-state index in [4.69, 9.17) is 22.3 Å². The zero-order chi connectivity index (χ0) is 49.4. The Bertz CT molecular complexity index is 1780. The number of carboxylic acid groups (broad SMARTS) is 2.